The molecule has 3 aromatic rings. The lowest BCUT2D eigenvalue weighted by Crippen LogP contribution is -2.41. The summed E-state index contributed by atoms with van der Waals surface area (Å²) in [5.41, 5.74) is -4.00. The lowest BCUT2D eigenvalue weighted by atomic mass is 9.79. The number of fused-ring (bicyclic) bond motifs is 3. The van der Waals surface area contributed by atoms with Gasteiger partial charge in [0.25, 0.3) is 0 Å². The Morgan fingerprint density at radius 2 is 1.50 bits per heavy atom. The third-order valence-corrected chi connectivity index (χ3v) is 7.64. The van der Waals surface area contributed by atoms with Crippen LogP contribution in [-0.2, 0) is 30.8 Å². The van der Waals surface area contributed by atoms with E-state index in [1.165, 1.54) is 18.2 Å². The third-order valence-electron chi connectivity index (χ3n) is 6.41. The number of hydrogen-bond donors (Lipinski definition) is 0. The molecular weight excluding hydrogens is 631 g/mol. The van der Waals surface area contributed by atoms with Crippen molar-refractivity contribution >= 4 is 22.6 Å². The fourth-order valence-corrected chi connectivity index (χ4v) is 5.56. The van der Waals surface area contributed by atoms with Crippen molar-refractivity contribution in [3.8, 4) is 16.9 Å². The van der Waals surface area contributed by atoms with Crippen LogP contribution in [0.4, 0.5) is 35.1 Å². The van der Waals surface area contributed by atoms with Crippen LogP contribution in [0, 0.1) is 15.2 Å². The van der Waals surface area contributed by atoms with Crippen molar-refractivity contribution in [3.05, 3.63) is 98.1 Å². The Balaban J connectivity index is 1.80. The maximum absolute atomic E-state index is 15.4. The van der Waals surface area contributed by atoms with Crippen molar-refractivity contribution in [2.75, 3.05) is 0 Å². The topological polar surface area (TPSA) is 9.23 Å². The molecule has 1 aliphatic carbocycles. The summed E-state index contributed by atoms with van der Waals surface area (Å²) in [5.74, 6) is -14.3. The first-order valence-corrected chi connectivity index (χ1v) is 12.7. The molecule has 3 aromatic carbocycles. The van der Waals surface area contributed by atoms with E-state index in [0.29, 0.717) is 37.0 Å². The van der Waals surface area contributed by atoms with E-state index in [1.54, 1.807) is 29.5 Å². The van der Waals surface area contributed by atoms with E-state index in [2.05, 4.69) is 11.3 Å². The van der Waals surface area contributed by atoms with Crippen molar-refractivity contribution in [2.45, 2.75) is 50.6 Å². The number of benzene rings is 3. The van der Waals surface area contributed by atoms with Crippen molar-refractivity contribution in [1.29, 1.82) is 0 Å². The summed E-state index contributed by atoms with van der Waals surface area (Å²) >= 11 is 1.57. The number of alkyl halides is 6. The van der Waals surface area contributed by atoms with Crippen LogP contribution in [0.5, 0.6) is 5.75 Å². The number of aryl methyl sites for hydroxylation is 2. The molecule has 0 N–H and O–H groups in total. The molecule has 0 atom stereocenters. The first-order chi connectivity index (χ1) is 17.8. The Labute approximate surface area is 227 Å². The second-order valence-electron chi connectivity index (χ2n) is 8.91. The molecule has 0 fully saturated rings. The van der Waals surface area contributed by atoms with Crippen molar-refractivity contribution in [2.24, 2.45) is 0 Å². The largest absolute Gasteiger partial charge is 0.426 e. The summed E-state index contributed by atoms with van der Waals surface area (Å²) in [5, 5.41) is 0. The molecule has 10 heteroatoms. The molecule has 0 unspecified atom stereocenters. The van der Waals surface area contributed by atoms with Crippen LogP contribution < -0.4 is 4.74 Å². The van der Waals surface area contributed by atoms with Crippen LogP contribution in [0.3, 0.4) is 0 Å². The Morgan fingerprint density at radius 3 is 2.13 bits per heavy atom. The van der Waals surface area contributed by atoms with Gasteiger partial charge in [-0.05, 0) is 88.4 Å². The second kappa shape index (κ2) is 10.2. The zero-order chi connectivity index (χ0) is 28.0. The predicted molar refractivity (Wildman–Crippen MR) is 136 cm³/mol. The molecule has 0 aromatic heterocycles. The minimum atomic E-state index is -5.07. The molecule has 0 amide bonds. The van der Waals surface area contributed by atoms with Gasteiger partial charge in [-0.25, -0.2) is 8.78 Å². The number of ether oxygens (including phenoxy) is 1. The van der Waals surface area contributed by atoms with Crippen molar-refractivity contribution in [1.82, 2.24) is 0 Å². The average molecular weight is 652 g/mol. The summed E-state index contributed by atoms with van der Waals surface area (Å²) in [6, 6.07) is 6.66. The second-order valence-corrected chi connectivity index (χ2v) is 9.99. The molecule has 1 nitrogen and oxygen atoms in total. The minimum absolute atomic E-state index is 0.0666. The number of hydrogen-bond acceptors (Lipinski definition) is 1. The minimum Gasteiger partial charge on any atom is -0.426 e. The summed E-state index contributed by atoms with van der Waals surface area (Å²) in [6.45, 7) is 5.30. The lowest BCUT2D eigenvalue weighted by Gasteiger charge is -2.36. The normalized spacial score (nSPS) is 15.5. The van der Waals surface area contributed by atoms with Crippen LogP contribution in [0.1, 0.15) is 47.6 Å². The maximum Gasteiger partial charge on any atom is 0.426 e. The molecule has 0 saturated heterocycles. The highest BCUT2D eigenvalue weighted by molar-refractivity contribution is 14.1. The van der Waals surface area contributed by atoms with E-state index in [9.17, 15) is 13.2 Å². The summed E-state index contributed by atoms with van der Waals surface area (Å²) < 4.78 is 125. The van der Waals surface area contributed by atoms with E-state index in [0.717, 1.165) is 18.2 Å². The number of allylic oxidation sites excluding steroid dienone is 1. The van der Waals surface area contributed by atoms with Crippen molar-refractivity contribution < 1.29 is 39.9 Å². The van der Waals surface area contributed by atoms with E-state index in [1.807, 2.05) is 0 Å². The van der Waals surface area contributed by atoms with Gasteiger partial charge in [0, 0.05) is 9.13 Å². The molecule has 0 heterocycles. The van der Waals surface area contributed by atoms with Gasteiger partial charge < -0.3 is 4.74 Å². The zero-order valence-electron chi connectivity index (χ0n) is 20.0. The molecule has 0 saturated carbocycles. The van der Waals surface area contributed by atoms with Gasteiger partial charge in [-0.1, -0.05) is 37.6 Å². The van der Waals surface area contributed by atoms with Gasteiger partial charge in [-0.2, -0.15) is 26.3 Å². The summed E-state index contributed by atoms with van der Waals surface area (Å²) in [6.07, 6.45) is -1.30. The first kappa shape index (κ1) is 28.4. The molecule has 4 rings (SSSR count). The number of halogens is 9. The van der Waals surface area contributed by atoms with Crippen LogP contribution in [0.2, 0.25) is 0 Å². The van der Waals surface area contributed by atoms with Gasteiger partial charge in [0.1, 0.15) is 5.82 Å². The van der Waals surface area contributed by atoms with E-state index >= 15 is 22.0 Å². The van der Waals surface area contributed by atoms with E-state index in [-0.39, 0.29) is 21.1 Å². The average Bonchev–Trinajstić information content (AvgIpc) is 2.84. The molecule has 1 aliphatic rings. The number of rotatable bonds is 8. The van der Waals surface area contributed by atoms with Crippen LogP contribution in [0.15, 0.2) is 55.1 Å². The Bertz CT molecular complexity index is 1400. The Morgan fingerprint density at radius 1 is 0.895 bits per heavy atom. The molecule has 202 valence electrons. The molecule has 0 bridgehead atoms. The van der Waals surface area contributed by atoms with Crippen LogP contribution in [0.25, 0.3) is 11.1 Å². The smallest absolute Gasteiger partial charge is 0.426 e. The quantitative estimate of drug-likeness (QED) is 0.134. The van der Waals surface area contributed by atoms with E-state index < -0.39 is 57.6 Å². The lowest BCUT2D eigenvalue weighted by molar-refractivity contribution is -0.227. The summed E-state index contributed by atoms with van der Waals surface area (Å²) in [7, 11) is 0. The Hall–Kier alpha value is -2.63. The van der Waals surface area contributed by atoms with Gasteiger partial charge >= 0.3 is 18.0 Å². The van der Waals surface area contributed by atoms with Gasteiger partial charge in [0.2, 0.25) is 0 Å². The fraction of sp³-hybridized carbons (Fsp3) is 0.286. The molecule has 0 radical (unpaired) electrons. The highest BCUT2D eigenvalue weighted by Crippen LogP contribution is 2.60. The van der Waals surface area contributed by atoms with Gasteiger partial charge in [0.05, 0.1) is 11.1 Å². The molecule has 38 heavy (non-hydrogen) atoms. The van der Waals surface area contributed by atoms with Gasteiger partial charge in [-0.15, -0.1) is 6.58 Å². The first-order valence-electron chi connectivity index (χ1n) is 11.6. The van der Waals surface area contributed by atoms with Gasteiger partial charge in [0.15, 0.2) is 11.6 Å². The molecule has 0 spiro atoms. The predicted octanol–water partition coefficient (Wildman–Crippen LogP) is 9.63. The third kappa shape index (κ3) is 4.58. The highest BCUT2D eigenvalue weighted by atomic mass is 127. The standard InChI is InChI=1S/C28H21F8IO/c1-3-5-7-15-8-10-17(14-20(15)29)28(35,36)38-21-13-12-18-19-11-9-16(6-4-2)25(37)23(19)27(33,34)26(31,32)22(18)24(21)30/h3,8-14H,1,4-7H2,2H3. The molecule has 0 aliphatic heterocycles. The monoisotopic (exact) mass is 652 g/mol. The van der Waals surface area contributed by atoms with Gasteiger partial charge in [-0.3, -0.25) is 0 Å². The molecular formula is C28H21F8IO. The highest BCUT2D eigenvalue weighted by Gasteiger charge is 2.65. The van der Waals surface area contributed by atoms with E-state index in [4.69, 9.17) is 0 Å². The summed E-state index contributed by atoms with van der Waals surface area (Å²) in [4.78, 5) is 0. The van der Waals surface area contributed by atoms with Crippen LogP contribution in [-0.4, -0.2) is 0 Å². The Kier molecular flexibility index (Phi) is 7.59. The van der Waals surface area contributed by atoms with Crippen LogP contribution >= 0.6 is 22.6 Å². The maximum atomic E-state index is 15.4. The zero-order valence-corrected chi connectivity index (χ0v) is 22.1. The van der Waals surface area contributed by atoms with Crippen molar-refractivity contribution in [3.63, 3.8) is 0 Å². The fourth-order valence-electron chi connectivity index (χ4n) is 4.48. The SMILES string of the molecule is C=CCCc1ccc(C(F)(F)Oc2ccc3c(c2F)C(F)(F)C(F)(F)c2c-3ccc(CCC)c2I)cc1F.